The Labute approximate surface area is 173 Å². The summed E-state index contributed by atoms with van der Waals surface area (Å²) in [4.78, 5) is 2.74. The van der Waals surface area contributed by atoms with Gasteiger partial charge in [-0.15, -0.1) is 0 Å². The van der Waals surface area contributed by atoms with E-state index in [-0.39, 0.29) is 11.7 Å². The van der Waals surface area contributed by atoms with Crippen LogP contribution >= 0.6 is 0 Å². The van der Waals surface area contributed by atoms with Crippen LogP contribution in [0.1, 0.15) is 44.7 Å². The Balaban J connectivity index is 1.21. The van der Waals surface area contributed by atoms with Crippen molar-refractivity contribution >= 4 is 10.0 Å². The Hall–Kier alpha value is -1.74. The van der Waals surface area contributed by atoms with Crippen LogP contribution in [0.5, 0.6) is 0 Å². The summed E-state index contributed by atoms with van der Waals surface area (Å²) in [6.45, 7) is 7.50. The van der Waals surface area contributed by atoms with Crippen molar-refractivity contribution in [2.24, 2.45) is 0 Å². The van der Waals surface area contributed by atoms with E-state index in [2.05, 4.69) is 34.8 Å². The molecule has 7 nitrogen and oxygen atoms in total. The molecule has 29 heavy (non-hydrogen) atoms. The zero-order valence-electron chi connectivity index (χ0n) is 17.1. The van der Waals surface area contributed by atoms with E-state index in [4.69, 9.17) is 4.74 Å². The van der Waals surface area contributed by atoms with Gasteiger partial charge in [0.1, 0.15) is 0 Å². The summed E-state index contributed by atoms with van der Waals surface area (Å²) >= 11 is 0. The van der Waals surface area contributed by atoms with Crippen LogP contribution in [-0.2, 0) is 21.3 Å². The first-order chi connectivity index (χ1) is 13.9. The van der Waals surface area contributed by atoms with Crippen molar-refractivity contribution in [1.29, 1.82) is 0 Å². The number of likely N-dealkylation sites (tertiary alicyclic amines) is 1. The molecule has 1 aromatic carbocycles. The van der Waals surface area contributed by atoms with E-state index in [0.717, 1.165) is 38.9 Å². The Kier molecular flexibility index (Phi) is 5.79. The minimum Gasteiger partial charge on any atom is -0.370 e. The van der Waals surface area contributed by atoms with E-state index in [0.29, 0.717) is 17.5 Å². The van der Waals surface area contributed by atoms with Crippen molar-refractivity contribution in [2.45, 2.75) is 62.3 Å². The van der Waals surface area contributed by atoms with E-state index in [1.807, 2.05) is 10.9 Å². The summed E-state index contributed by atoms with van der Waals surface area (Å²) in [6, 6.07) is 8.85. The van der Waals surface area contributed by atoms with Crippen LogP contribution in [0, 0.1) is 0 Å². The van der Waals surface area contributed by atoms with Gasteiger partial charge in [-0.3, -0.25) is 9.58 Å². The third-order valence-corrected chi connectivity index (χ3v) is 7.37. The van der Waals surface area contributed by atoms with Gasteiger partial charge in [0.2, 0.25) is 10.0 Å². The van der Waals surface area contributed by atoms with Crippen molar-refractivity contribution in [1.82, 2.24) is 19.4 Å². The third kappa shape index (κ3) is 4.71. The second-order valence-electron chi connectivity index (χ2n) is 8.49. The van der Waals surface area contributed by atoms with Gasteiger partial charge in [-0.05, 0) is 38.8 Å². The number of nitrogens with zero attached hydrogens (tertiary/aromatic N) is 3. The molecule has 0 unspecified atom stereocenters. The molecule has 3 heterocycles. The number of hydrogen-bond donors (Lipinski definition) is 1. The maximum Gasteiger partial charge on any atom is 0.240 e. The minimum atomic E-state index is -3.47. The maximum absolute atomic E-state index is 12.3. The van der Waals surface area contributed by atoms with Gasteiger partial charge >= 0.3 is 0 Å². The predicted octanol–water partition coefficient (Wildman–Crippen LogP) is 2.57. The first-order valence-electron chi connectivity index (χ1n) is 10.3. The van der Waals surface area contributed by atoms with Gasteiger partial charge in [0.15, 0.2) is 0 Å². The highest BCUT2D eigenvalue weighted by molar-refractivity contribution is 7.89. The van der Waals surface area contributed by atoms with Crippen LogP contribution in [0.15, 0.2) is 47.6 Å². The van der Waals surface area contributed by atoms with Gasteiger partial charge in [0.05, 0.1) is 22.8 Å². The number of benzene rings is 1. The number of ether oxygens (including phenoxy) is 1. The lowest BCUT2D eigenvalue weighted by Crippen LogP contribution is -2.58. The second-order valence-corrected chi connectivity index (χ2v) is 10.3. The summed E-state index contributed by atoms with van der Waals surface area (Å²) in [5.41, 5.74) is 1.18. The van der Waals surface area contributed by atoms with Crippen molar-refractivity contribution in [3.8, 4) is 0 Å². The molecule has 1 N–H and O–H groups in total. The molecule has 2 aliphatic rings. The Morgan fingerprint density at radius 3 is 2.55 bits per heavy atom. The van der Waals surface area contributed by atoms with Crippen molar-refractivity contribution < 1.29 is 13.2 Å². The molecule has 2 aromatic rings. The molecular weight excluding hydrogens is 388 g/mol. The summed E-state index contributed by atoms with van der Waals surface area (Å²) in [5, 5.41) is 4.42. The smallest absolute Gasteiger partial charge is 0.240 e. The molecule has 1 spiro atoms. The lowest BCUT2D eigenvalue weighted by atomic mass is 9.80. The van der Waals surface area contributed by atoms with E-state index < -0.39 is 10.0 Å². The highest BCUT2D eigenvalue weighted by Gasteiger charge is 2.47. The van der Waals surface area contributed by atoms with E-state index in [1.54, 1.807) is 30.3 Å². The van der Waals surface area contributed by atoms with Crippen LogP contribution in [0.4, 0.5) is 0 Å². The third-order valence-electron chi connectivity index (χ3n) is 5.93. The summed E-state index contributed by atoms with van der Waals surface area (Å²) in [6.07, 6.45) is 6.96. The van der Waals surface area contributed by atoms with Gasteiger partial charge < -0.3 is 4.74 Å². The van der Waals surface area contributed by atoms with Gasteiger partial charge in [0, 0.05) is 50.4 Å². The molecule has 8 heteroatoms. The SMILES string of the molecule is CC(C)n1cc(CN2CCC3(CC2)C[C@H](CNS(=O)(=O)c2ccccc2)O3)cn1. The lowest BCUT2D eigenvalue weighted by Gasteiger charge is -2.52. The largest absolute Gasteiger partial charge is 0.370 e. The van der Waals surface area contributed by atoms with Crippen LogP contribution in [0.3, 0.4) is 0 Å². The average molecular weight is 419 g/mol. The van der Waals surface area contributed by atoms with Gasteiger partial charge in [-0.1, -0.05) is 18.2 Å². The molecule has 0 aliphatic carbocycles. The maximum atomic E-state index is 12.3. The van der Waals surface area contributed by atoms with E-state index in [1.165, 1.54) is 5.56 Å². The fraction of sp³-hybridized carbons (Fsp3) is 0.571. The number of aromatic nitrogens is 2. The normalized spacial score (nSPS) is 22.1. The average Bonchev–Trinajstić information content (AvgIpc) is 3.15. The molecule has 0 radical (unpaired) electrons. The molecule has 2 aliphatic heterocycles. The zero-order valence-corrected chi connectivity index (χ0v) is 17.9. The monoisotopic (exact) mass is 418 g/mol. The number of nitrogens with one attached hydrogen (secondary N) is 1. The number of hydrogen-bond acceptors (Lipinski definition) is 5. The van der Waals surface area contributed by atoms with Crippen LogP contribution < -0.4 is 4.72 Å². The molecule has 0 saturated carbocycles. The molecule has 1 aromatic heterocycles. The van der Waals surface area contributed by atoms with Gasteiger partial charge in [-0.2, -0.15) is 5.10 Å². The van der Waals surface area contributed by atoms with E-state index >= 15 is 0 Å². The highest BCUT2D eigenvalue weighted by atomic mass is 32.2. The minimum absolute atomic E-state index is 0.0377. The Bertz CT molecular complexity index is 910. The number of sulfonamides is 1. The number of piperidine rings is 1. The lowest BCUT2D eigenvalue weighted by molar-refractivity contribution is -0.222. The molecular formula is C21H30N4O3S. The van der Waals surface area contributed by atoms with Crippen molar-refractivity contribution in [3.63, 3.8) is 0 Å². The summed E-state index contributed by atoms with van der Waals surface area (Å²) in [5.74, 6) is 0. The van der Waals surface area contributed by atoms with E-state index in [9.17, 15) is 8.42 Å². The zero-order chi connectivity index (χ0) is 20.5. The number of rotatable bonds is 7. The first-order valence-corrected chi connectivity index (χ1v) is 11.8. The molecule has 2 saturated heterocycles. The first kappa shape index (κ1) is 20.5. The Morgan fingerprint density at radius 2 is 1.93 bits per heavy atom. The van der Waals surface area contributed by atoms with Crippen LogP contribution in [0.25, 0.3) is 0 Å². The molecule has 0 bridgehead atoms. The van der Waals surface area contributed by atoms with Gasteiger partial charge in [-0.25, -0.2) is 13.1 Å². The molecule has 4 rings (SSSR count). The molecule has 0 amide bonds. The molecule has 158 valence electrons. The van der Waals surface area contributed by atoms with Gasteiger partial charge in [0.25, 0.3) is 0 Å². The second kappa shape index (κ2) is 8.18. The summed E-state index contributed by atoms with van der Waals surface area (Å²) in [7, 11) is -3.47. The molecule has 1 atom stereocenters. The van der Waals surface area contributed by atoms with Crippen molar-refractivity contribution in [2.75, 3.05) is 19.6 Å². The van der Waals surface area contributed by atoms with Crippen LogP contribution in [-0.4, -0.2) is 54.4 Å². The highest BCUT2D eigenvalue weighted by Crippen LogP contribution is 2.41. The molecule has 2 fully saturated rings. The fourth-order valence-electron chi connectivity index (χ4n) is 4.20. The standard InChI is InChI=1S/C21H30N4O3S/c1-17(2)25-16-18(13-22-25)15-24-10-8-21(9-11-24)12-19(28-21)14-23-29(26,27)20-6-4-3-5-7-20/h3-7,13,16-17,19,23H,8-12,14-15H2,1-2H3/t19-/m1/s1. The fourth-order valence-corrected chi connectivity index (χ4v) is 5.29. The van der Waals surface area contributed by atoms with Crippen molar-refractivity contribution in [3.05, 3.63) is 48.3 Å². The van der Waals surface area contributed by atoms with Crippen LogP contribution in [0.2, 0.25) is 0 Å². The Morgan fingerprint density at radius 1 is 1.24 bits per heavy atom. The summed E-state index contributed by atoms with van der Waals surface area (Å²) < 4.78 is 35.5. The topological polar surface area (TPSA) is 76.5 Å². The quantitative estimate of drug-likeness (QED) is 0.748. The predicted molar refractivity (Wildman–Crippen MR) is 111 cm³/mol.